The van der Waals surface area contributed by atoms with Gasteiger partial charge >= 0.3 is 0 Å². The monoisotopic (exact) mass is 327 g/mol. The van der Waals surface area contributed by atoms with Gasteiger partial charge in [0.1, 0.15) is 0 Å². The van der Waals surface area contributed by atoms with Crippen LogP contribution in [0.1, 0.15) is 15.9 Å². The normalized spacial score (nSPS) is 10.7. The molecule has 1 amide bonds. The van der Waals surface area contributed by atoms with Crippen LogP contribution >= 0.6 is 0 Å². The van der Waals surface area contributed by atoms with Gasteiger partial charge in [-0.05, 0) is 29.1 Å². The van der Waals surface area contributed by atoms with E-state index in [0.717, 1.165) is 28.6 Å². The van der Waals surface area contributed by atoms with E-state index in [9.17, 15) is 4.79 Å². The molecule has 3 aromatic carbocycles. The molecule has 4 heteroatoms. The van der Waals surface area contributed by atoms with Crippen molar-refractivity contribution in [2.45, 2.75) is 6.54 Å². The number of carbonyl (C=O) groups excluding carboxylic acids is 1. The number of carbonyl (C=O) groups is 1. The highest BCUT2D eigenvalue weighted by Gasteiger charge is 2.08. The first-order valence-electron chi connectivity index (χ1n) is 8.13. The molecule has 0 saturated heterocycles. The molecule has 4 nitrogen and oxygen atoms in total. The van der Waals surface area contributed by atoms with Crippen LogP contribution in [-0.2, 0) is 6.54 Å². The molecule has 25 heavy (non-hydrogen) atoms. The zero-order valence-corrected chi connectivity index (χ0v) is 13.6. The van der Waals surface area contributed by atoms with Gasteiger partial charge in [-0.3, -0.25) is 4.79 Å². The second-order valence-electron chi connectivity index (χ2n) is 5.91. The SMILES string of the molecule is O=C(Nc1cccc2ccccc12)c1ccc(Cn2ccnc2)cc1. The molecular formula is C21H17N3O. The van der Waals surface area contributed by atoms with Gasteiger partial charge in [-0.1, -0.05) is 48.5 Å². The highest BCUT2D eigenvalue weighted by molar-refractivity contribution is 6.09. The lowest BCUT2D eigenvalue weighted by molar-refractivity contribution is 0.102. The quantitative estimate of drug-likeness (QED) is 0.606. The fourth-order valence-corrected chi connectivity index (χ4v) is 2.88. The zero-order chi connectivity index (χ0) is 17.1. The van der Waals surface area contributed by atoms with Crippen LogP contribution in [0.2, 0.25) is 0 Å². The molecule has 1 aromatic heterocycles. The molecule has 1 heterocycles. The van der Waals surface area contributed by atoms with Gasteiger partial charge in [0.2, 0.25) is 0 Å². The van der Waals surface area contributed by atoms with Crippen molar-refractivity contribution in [1.29, 1.82) is 0 Å². The summed E-state index contributed by atoms with van der Waals surface area (Å²) in [6, 6.07) is 21.6. The molecule has 0 saturated carbocycles. The summed E-state index contributed by atoms with van der Waals surface area (Å²) in [6.45, 7) is 0.741. The predicted octanol–water partition coefficient (Wildman–Crippen LogP) is 4.34. The van der Waals surface area contributed by atoms with Crippen molar-refractivity contribution in [2.24, 2.45) is 0 Å². The minimum atomic E-state index is -0.106. The molecule has 4 aromatic rings. The smallest absolute Gasteiger partial charge is 0.255 e. The summed E-state index contributed by atoms with van der Waals surface area (Å²) in [4.78, 5) is 16.6. The van der Waals surface area contributed by atoms with Crippen molar-refractivity contribution in [1.82, 2.24) is 9.55 Å². The topological polar surface area (TPSA) is 46.9 Å². The molecule has 0 aliphatic heterocycles. The number of nitrogens with zero attached hydrogens (tertiary/aromatic N) is 2. The Kier molecular flexibility index (Phi) is 4.01. The van der Waals surface area contributed by atoms with Crippen LogP contribution in [0.5, 0.6) is 0 Å². The first-order chi connectivity index (χ1) is 12.3. The van der Waals surface area contributed by atoms with Gasteiger partial charge in [-0.2, -0.15) is 0 Å². The van der Waals surface area contributed by atoms with Crippen molar-refractivity contribution in [2.75, 3.05) is 5.32 Å². The maximum Gasteiger partial charge on any atom is 0.255 e. The summed E-state index contributed by atoms with van der Waals surface area (Å²) >= 11 is 0. The largest absolute Gasteiger partial charge is 0.333 e. The lowest BCUT2D eigenvalue weighted by Gasteiger charge is -2.09. The third kappa shape index (κ3) is 3.28. The van der Waals surface area contributed by atoms with Crippen molar-refractivity contribution in [3.8, 4) is 0 Å². The molecule has 0 bridgehead atoms. The number of imidazole rings is 1. The first kappa shape index (κ1) is 15.1. The number of benzene rings is 3. The van der Waals surface area contributed by atoms with Crippen LogP contribution in [0.3, 0.4) is 0 Å². The molecule has 0 radical (unpaired) electrons. The number of hydrogen-bond acceptors (Lipinski definition) is 2. The second kappa shape index (κ2) is 6.61. The first-order valence-corrected chi connectivity index (χ1v) is 8.13. The Hall–Kier alpha value is -3.40. The molecule has 0 fully saturated rings. The van der Waals surface area contributed by atoms with E-state index in [0.29, 0.717) is 5.56 Å². The van der Waals surface area contributed by atoms with E-state index in [1.54, 1.807) is 12.5 Å². The summed E-state index contributed by atoms with van der Waals surface area (Å²) in [5.74, 6) is -0.106. The van der Waals surface area contributed by atoms with E-state index < -0.39 is 0 Å². The Morgan fingerprint density at radius 2 is 1.76 bits per heavy atom. The van der Waals surface area contributed by atoms with Crippen molar-refractivity contribution >= 4 is 22.4 Å². The van der Waals surface area contributed by atoms with Crippen LogP contribution in [0.4, 0.5) is 5.69 Å². The van der Waals surface area contributed by atoms with E-state index in [4.69, 9.17) is 0 Å². The highest BCUT2D eigenvalue weighted by atomic mass is 16.1. The fourth-order valence-electron chi connectivity index (χ4n) is 2.88. The second-order valence-corrected chi connectivity index (χ2v) is 5.91. The summed E-state index contributed by atoms with van der Waals surface area (Å²) in [5.41, 5.74) is 2.59. The number of anilines is 1. The minimum Gasteiger partial charge on any atom is -0.333 e. The molecule has 0 unspecified atom stereocenters. The Morgan fingerprint density at radius 1 is 0.960 bits per heavy atom. The summed E-state index contributed by atoms with van der Waals surface area (Å²) < 4.78 is 1.99. The minimum absolute atomic E-state index is 0.106. The van der Waals surface area contributed by atoms with Gasteiger partial charge in [-0.15, -0.1) is 0 Å². The number of fused-ring (bicyclic) bond motifs is 1. The molecular weight excluding hydrogens is 310 g/mol. The Balaban J connectivity index is 1.52. The van der Waals surface area contributed by atoms with Crippen LogP contribution in [0.25, 0.3) is 10.8 Å². The molecule has 4 rings (SSSR count). The lowest BCUT2D eigenvalue weighted by Crippen LogP contribution is -2.12. The van der Waals surface area contributed by atoms with Crippen LogP contribution in [0, 0.1) is 0 Å². The fraction of sp³-hybridized carbons (Fsp3) is 0.0476. The molecule has 1 N–H and O–H groups in total. The van der Waals surface area contributed by atoms with Gasteiger partial charge in [0.15, 0.2) is 0 Å². The Labute approximate surface area is 145 Å². The van der Waals surface area contributed by atoms with E-state index in [2.05, 4.69) is 10.3 Å². The van der Waals surface area contributed by atoms with Crippen molar-refractivity contribution in [3.05, 3.63) is 96.6 Å². The van der Waals surface area contributed by atoms with E-state index in [-0.39, 0.29) is 5.91 Å². The zero-order valence-electron chi connectivity index (χ0n) is 13.6. The number of aromatic nitrogens is 2. The van der Waals surface area contributed by atoms with Crippen molar-refractivity contribution < 1.29 is 4.79 Å². The lowest BCUT2D eigenvalue weighted by atomic mass is 10.1. The Bertz CT molecular complexity index is 1000. The molecule has 0 atom stereocenters. The van der Waals surface area contributed by atoms with Crippen LogP contribution in [-0.4, -0.2) is 15.5 Å². The summed E-state index contributed by atoms with van der Waals surface area (Å²) in [6.07, 6.45) is 5.45. The number of amides is 1. The highest BCUT2D eigenvalue weighted by Crippen LogP contribution is 2.23. The van der Waals surface area contributed by atoms with Gasteiger partial charge in [0.05, 0.1) is 6.33 Å². The number of hydrogen-bond donors (Lipinski definition) is 1. The average molecular weight is 327 g/mol. The number of rotatable bonds is 4. The molecule has 0 aliphatic carbocycles. The van der Waals surface area contributed by atoms with Crippen molar-refractivity contribution in [3.63, 3.8) is 0 Å². The Morgan fingerprint density at radius 3 is 2.56 bits per heavy atom. The van der Waals surface area contributed by atoms with E-state index >= 15 is 0 Å². The van der Waals surface area contributed by atoms with E-state index in [1.165, 1.54) is 0 Å². The standard InChI is InChI=1S/C21H17N3O/c25-21(23-20-7-3-5-17-4-1-2-6-19(17)20)18-10-8-16(9-11-18)14-24-13-12-22-15-24/h1-13,15H,14H2,(H,23,25). The van der Waals surface area contributed by atoms with Crippen LogP contribution < -0.4 is 5.32 Å². The predicted molar refractivity (Wildman–Crippen MR) is 99.7 cm³/mol. The third-order valence-corrected chi connectivity index (χ3v) is 4.18. The molecule has 122 valence electrons. The third-order valence-electron chi connectivity index (χ3n) is 4.18. The summed E-state index contributed by atoms with van der Waals surface area (Å²) in [5, 5.41) is 5.16. The van der Waals surface area contributed by atoms with E-state index in [1.807, 2.05) is 77.5 Å². The average Bonchev–Trinajstić information content (AvgIpc) is 3.16. The molecule has 0 spiro atoms. The maximum atomic E-state index is 12.6. The maximum absolute atomic E-state index is 12.6. The van der Waals surface area contributed by atoms with Gasteiger partial charge in [0, 0.05) is 35.6 Å². The summed E-state index contributed by atoms with van der Waals surface area (Å²) in [7, 11) is 0. The van der Waals surface area contributed by atoms with Crippen LogP contribution in [0.15, 0.2) is 85.5 Å². The number of nitrogens with one attached hydrogen (secondary N) is 1. The van der Waals surface area contributed by atoms with Gasteiger partial charge in [-0.25, -0.2) is 4.98 Å². The van der Waals surface area contributed by atoms with Gasteiger partial charge < -0.3 is 9.88 Å². The van der Waals surface area contributed by atoms with Gasteiger partial charge in [0.25, 0.3) is 5.91 Å². The molecule has 0 aliphatic rings.